The Hall–Kier alpha value is -1.97. The fourth-order valence-electron chi connectivity index (χ4n) is 1.36. The number of halogens is 1. The molecule has 0 aliphatic rings. The number of nitrogen functional groups attached to an aromatic ring is 1. The van der Waals surface area contributed by atoms with Crippen LogP contribution < -0.4 is 5.73 Å². The van der Waals surface area contributed by atoms with Crippen molar-refractivity contribution in [1.82, 2.24) is 9.97 Å². The van der Waals surface area contributed by atoms with Gasteiger partial charge in [0.15, 0.2) is 0 Å². The number of hydrogen-bond acceptors (Lipinski definition) is 3. The first kappa shape index (κ1) is 9.58. The van der Waals surface area contributed by atoms with Gasteiger partial charge in [0.05, 0.1) is 5.69 Å². The molecule has 76 valence electrons. The zero-order chi connectivity index (χ0) is 10.8. The summed E-state index contributed by atoms with van der Waals surface area (Å²) in [7, 11) is 0. The van der Waals surface area contributed by atoms with Crippen molar-refractivity contribution in [1.29, 1.82) is 0 Å². The summed E-state index contributed by atoms with van der Waals surface area (Å²) in [6.07, 6.45) is 1.51. The predicted octanol–water partition coefficient (Wildman–Crippen LogP) is 2.17. The average Bonchev–Trinajstić information content (AvgIpc) is 2.22. The van der Waals surface area contributed by atoms with Crippen LogP contribution in [0.25, 0.3) is 11.3 Å². The number of nitrogens with zero attached hydrogens (tertiary/aromatic N) is 2. The summed E-state index contributed by atoms with van der Waals surface area (Å²) in [5.74, 6) is -0.160. The third kappa shape index (κ3) is 1.93. The van der Waals surface area contributed by atoms with Gasteiger partial charge in [-0.25, -0.2) is 14.4 Å². The van der Waals surface area contributed by atoms with E-state index in [-0.39, 0.29) is 11.8 Å². The van der Waals surface area contributed by atoms with E-state index in [4.69, 9.17) is 5.73 Å². The van der Waals surface area contributed by atoms with E-state index in [9.17, 15) is 4.39 Å². The summed E-state index contributed by atoms with van der Waals surface area (Å²) in [6.45, 7) is 1.90. The van der Waals surface area contributed by atoms with Gasteiger partial charge in [-0.1, -0.05) is 11.6 Å². The molecule has 0 aliphatic carbocycles. The molecule has 1 heterocycles. The maximum Gasteiger partial charge on any atom is 0.220 e. The quantitative estimate of drug-likeness (QED) is 0.772. The monoisotopic (exact) mass is 203 g/mol. The van der Waals surface area contributed by atoms with E-state index in [1.165, 1.54) is 12.3 Å². The van der Waals surface area contributed by atoms with Crippen LogP contribution in [0.2, 0.25) is 0 Å². The number of aryl methyl sites for hydroxylation is 1. The van der Waals surface area contributed by atoms with Crippen LogP contribution in [-0.4, -0.2) is 9.97 Å². The molecule has 0 atom stereocenters. The van der Waals surface area contributed by atoms with Gasteiger partial charge >= 0.3 is 0 Å². The lowest BCUT2D eigenvalue weighted by atomic mass is 10.1. The first-order valence-corrected chi connectivity index (χ1v) is 4.52. The highest BCUT2D eigenvalue weighted by Crippen LogP contribution is 2.21. The molecule has 2 N–H and O–H groups in total. The standard InChI is InChI=1S/C11H10FN3/c1-7-2-3-9(12)8(6-7)10-4-5-14-11(13)15-10/h2-6H,1H3,(H2,13,14,15). The summed E-state index contributed by atoms with van der Waals surface area (Å²) < 4.78 is 13.5. The molecule has 0 spiro atoms. The predicted molar refractivity (Wildman–Crippen MR) is 56.6 cm³/mol. The van der Waals surface area contributed by atoms with Crippen LogP contribution in [0.15, 0.2) is 30.5 Å². The molecule has 2 rings (SSSR count). The lowest BCUT2D eigenvalue weighted by Gasteiger charge is -2.03. The normalized spacial score (nSPS) is 10.3. The van der Waals surface area contributed by atoms with Gasteiger partial charge in [-0.3, -0.25) is 0 Å². The van der Waals surface area contributed by atoms with Crippen molar-refractivity contribution in [3.63, 3.8) is 0 Å². The zero-order valence-corrected chi connectivity index (χ0v) is 8.24. The summed E-state index contributed by atoms with van der Waals surface area (Å²) in [4.78, 5) is 7.73. The van der Waals surface area contributed by atoms with E-state index < -0.39 is 0 Å². The Morgan fingerprint density at radius 1 is 1.27 bits per heavy atom. The molecule has 0 unspecified atom stereocenters. The zero-order valence-electron chi connectivity index (χ0n) is 8.24. The summed E-state index contributed by atoms with van der Waals surface area (Å²) in [5.41, 5.74) is 7.37. The molecule has 3 nitrogen and oxygen atoms in total. The largest absolute Gasteiger partial charge is 0.368 e. The number of anilines is 1. The molecule has 1 aromatic carbocycles. The Balaban J connectivity index is 2.58. The van der Waals surface area contributed by atoms with Crippen molar-refractivity contribution in [2.24, 2.45) is 0 Å². The molecule has 1 aromatic heterocycles. The molecule has 0 bridgehead atoms. The number of aromatic nitrogens is 2. The van der Waals surface area contributed by atoms with Gasteiger partial charge in [0.2, 0.25) is 5.95 Å². The number of benzene rings is 1. The van der Waals surface area contributed by atoms with Gasteiger partial charge in [-0.2, -0.15) is 0 Å². The smallest absolute Gasteiger partial charge is 0.220 e. The SMILES string of the molecule is Cc1ccc(F)c(-c2ccnc(N)n2)c1. The van der Waals surface area contributed by atoms with Gasteiger partial charge in [0.1, 0.15) is 5.82 Å². The molecular formula is C11H10FN3. The second kappa shape index (κ2) is 3.65. The summed E-state index contributed by atoms with van der Waals surface area (Å²) in [6, 6.07) is 6.50. The maximum atomic E-state index is 13.5. The maximum absolute atomic E-state index is 13.5. The van der Waals surface area contributed by atoms with Crippen molar-refractivity contribution in [2.75, 3.05) is 5.73 Å². The highest BCUT2D eigenvalue weighted by Gasteiger charge is 2.06. The van der Waals surface area contributed by atoms with Gasteiger partial charge < -0.3 is 5.73 Å². The number of hydrogen-bond donors (Lipinski definition) is 1. The first-order chi connectivity index (χ1) is 7.16. The average molecular weight is 203 g/mol. The molecule has 0 fully saturated rings. The fourth-order valence-corrected chi connectivity index (χ4v) is 1.36. The molecule has 0 saturated carbocycles. The van der Waals surface area contributed by atoms with Gasteiger partial charge in [0, 0.05) is 11.8 Å². The molecule has 4 heteroatoms. The van der Waals surface area contributed by atoms with E-state index in [2.05, 4.69) is 9.97 Å². The highest BCUT2D eigenvalue weighted by molar-refractivity contribution is 5.61. The molecule has 15 heavy (non-hydrogen) atoms. The van der Waals surface area contributed by atoms with Crippen LogP contribution >= 0.6 is 0 Å². The highest BCUT2D eigenvalue weighted by atomic mass is 19.1. The van der Waals surface area contributed by atoms with Crippen LogP contribution in [0.4, 0.5) is 10.3 Å². The van der Waals surface area contributed by atoms with E-state index in [1.54, 1.807) is 18.2 Å². The van der Waals surface area contributed by atoms with Crippen molar-refractivity contribution in [2.45, 2.75) is 6.92 Å². The fraction of sp³-hybridized carbons (Fsp3) is 0.0909. The van der Waals surface area contributed by atoms with Crippen molar-refractivity contribution in [3.8, 4) is 11.3 Å². The Morgan fingerprint density at radius 2 is 2.07 bits per heavy atom. The Bertz CT molecular complexity index is 497. The van der Waals surface area contributed by atoms with Gasteiger partial charge in [-0.05, 0) is 25.1 Å². The minimum atomic E-state index is -0.307. The van der Waals surface area contributed by atoms with E-state index in [1.807, 2.05) is 6.92 Å². The lowest BCUT2D eigenvalue weighted by Crippen LogP contribution is -1.96. The second-order valence-electron chi connectivity index (χ2n) is 3.28. The minimum absolute atomic E-state index is 0.147. The molecule has 0 amide bonds. The summed E-state index contributed by atoms with van der Waals surface area (Å²) >= 11 is 0. The Kier molecular flexibility index (Phi) is 2.33. The van der Waals surface area contributed by atoms with Crippen molar-refractivity contribution in [3.05, 3.63) is 41.8 Å². The number of nitrogens with two attached hydrogens (primary N) is 1. The van der Waals surface area contributed by atoms with Gasteiger partial charge in [-0.15, -0.1) is 0 Å². The second-order valence-corrected chi connectivity index (χ2v) is 3.28. The van der Waals surface area contributed by atoms with Crippen LogP contribution in [0.1, 0.15) is 5.56 Å². The minimum Gasteiger partial charge on any atom is -0.368 e. The van der Waals surface area contributed by atoms with E-state index in [0.29, 0.717) is 11.3 Å². The van der Waals surface area contributed by atoms with Crippen LogP contribution in [-0.2, 0) is 0 Å². The van der Waals surface area contributed by atoms with Crippen LogP contribution in [0.5, 0.6) is 0 Å². The molecular weight excluding hydrogens is 193 g/mol. The molecule has 0 radical (unpaired) electrons. The van der Waals surface area contributed by atoms with Crippen LogP contribution in [0.3, 0.4) is 0 Å². The Labute approximate surface area is 86.8 Å². The third-order valence-electron chi connectivity index (χ3n) is 2.07. The van der Waals surface area contributed by atoms with E-state index in [0.717, 1.165) is 5.56 Å². The molecule has 0 saturated heterocycles. The Morgan fingerprint density at radius 3 is 2.80 bits per heavy atom. The van der Waals surface area contributed by atoms with E-state index >= 15 is 0 Å². The topological polar surface area (TPSA) is 51.8 Å². The van der Waals surface area contributed by atoms with Crippen molar-refractivity contribution >= 4 is 5.95 Å². The lowest BCUT2D eigenvalue weighted by molar-refractivity contribution is 0.630. The third-order valence-corrected chi connectivity index (χ3v) is 2.07. The number of rotatable bonds is 1. The first-order valence-electron chi connectivity index (χ1n) is 4.52. The molecule has 0 aliphatic heterocycles. The van der Waals surface area contributed by atoms with Crippen molar-refractivity contribution < 1.29 is 4.39 Å². The van der Waals surface area contributed by atoms with Gasteiger partial charge in [0.25, 0.3) is 0 Å². The molecule has 2 aromatic rings. The summed E-state index contributed by atoms with van der Waals surface area (Å²) in [5, 5.41) is 0. The van der Waals surface area contributed by atoms with Crippen LogP contribution in [0, 0.1) is 12.7 Å².